The number of nitrogens with zero attached hydrogens (tertiary/aromatic N) is 1. The Morgan fingerprint density at radius 3 is 2.53 bits per heavy atom. The molecule has 0 aliphatic heterocycles. The van der Waals surface area contributed by atoms with Gasteiger partial charge in [-0.05, 0) is 19.1 Å². The summed E-state index contributed by atoms with van der Waals surface area (Å²) < 4.78 is 5.47. The molecule has 0 atom stereocenters. The highest BCUT2D eigenvalue weighted by Gasteiger charge is 2.03. The van der Waals surface area contributed by atoms with Gasteiger partial charge in [-0.25, -0.2) is 0 Å². The van der Waals surface area contributed by atoms with Crippen molar-refractivity contribution in [3.63, 3.8) is 0 Å². The highest BCUT2D eigenvalue weighted by Crippen LogP contribution is 2.23. The maximum atomic E-state index is 10.2. The first-order valence-corrected chi connectivity index (χ1v) is 5.14. The zero-order chi connectivity index (χ0) is 12.3. The van der Waals surface area contributed by atoms with Gasteiger partial charge in [-0.1, -0.05) is 29.8 Å². The summed E-state index contributed by atoms with van der Waals surface area (Å²) in [6, 6.07) is 11.4. The van der Waals surface area contributed by atoms with Crippen LogP contribution in [0.25, 0.3) is 17.4 Å². The number of furan rings is 1. The molecule has 0 spiro atoms. The van der Waals surface area contributed by atoms with E-state index in [1.807, 2.05) is 31.2 Å². The number of nitro groups is 1. The average molecular weight is 229 g/mol. The topological polar surface area (TPSA) is 56.3 Å². The minimum Gasteiger partial charge on any atom is -0.457 e. The lowest BCUT2D eigenvalue weighted by molar-refractivity contribution is -0.401. The van der Waals surface area contributed by atoms with Crippen LogP contribution in [-0.4, -0.2) is 4.92 Å². The first-order chi connectivity index (χ1) is 8.15. The van der Waals surface area contributed by atoms with E-state index in [0.29, 0.717) is 11.5 Å². The molecular weight excluding hydrogens is 218 g/mol. The monoisotopic (exact) mass is 229 g/mol. The van der Waals surface area contributed by atoms with Crippen LogP contribution in [0.2, 0.25) is 0 Å². The van der Waals surface area contributed by atoms with Crippen molar-refractivity contribution in [3.05, 3.63) is 64.0 Å². The second kappa shape index (κ2) is 4.65. The van der Waals surface area contributed by atoms with Crippen molar-refractivity contribution in [1.82, 2.24) is 0 Å². The van der Waals surface area contributed by atoms with Gasteiger partial charge in [0.1, 0.15) is 11.5 Å². The molecule has 86 valence electrons. The molecular formula is C13H11NO3. The third-order valence-corrected chi connectivity index (χ3v) is 2.32. The third kappa shape index (κ3) is 2.81. The van der Waals surface area contributed by atoms with E-state index in [2.05, 4.69) is 0 Å². The maximum Gasteiger partial charge on any atom is 0.238 e. The van der Waals surface area contributed by atoms with Crippen LogP contribution in [0, 0.1) is 17.0 Å². The van der Waals surface area contributed by atoms with Crippen LogP contribution in [0.15, 0.2) is 47.0 Å². The Hall–Kier alpha value is -2.36. The van der Waals surface area contributed by atoms with Crippen LogP contribution in [0.4, 0.5) is 0 Å². The molecule has 0 aliphatic carbocycles. The Morgan fingerprint density at radius 2 is 1.88 bits per heavy atom. The van der Waals surface area contributed by atoms with Crippen molar-refractivity contribution >= 4 is 6.08 Å². The molecule has 1 aromatic carbocycles. The normalized spacial score (nSPS) is 10.9. The number of rotatable bonds is 3. The smallest absolute Gasteiger partial charge is 0.238 e. The number of hydrogen-bond donors (Lipinski definition) is 0. The fourth-order valence-corrected chi connectivity index (χ4v) is 1.45. The van der Waals surface area contributed by atoms with Crippen LogP contribution in [0.1, 0.15) is 11.3 Å². The van der Waals surface area contributed by atoms with E-state index in [9.17, 15) is 10.1 Å². The van der Waals surface area contributed by atoms with Crippen LogP contribution < -0.4 is 0 Å². The van der Waals surface area contributed by atoms with Gasteiger partial charge >= 0.3 is 0 Å². The predicted octanol–water partition coefficient (Wildman–Crippen LogP) is 3.50. The Morgan fingerprint density at radius 1 is 1.18 bits per heavy atom. The summed E-state index contributed by atoms with van der Waals surface area (Å²) >= 11 is 0. The van der Waals surface area contributed by atoms with Gasteiger partial charge in [0.2, 0.25) is 6.20 Å². The third-order valence-electron chi connectivity index (χ3n) is 2.32. The Labute approximate surface area is 98.3 Å². The largest absolute Gasteiger partial charge is 0.457 e. The van der Waals surface area contributed by atoms with E-state index in [4.69, 9.17) is 4.42 Å². The molecule has 1 aromatic heterocycles. The SMILES string of the molecule is Cc1ccc(-c2ccc(C=C[N+](=O)[O-])o2)cc1. The minimum atomic E-state index is -0.520. The molecule has 2 aromatic rings. The molecule has 0 N–H and O–H groups in total. The van der Waals surface area contributed by atoms with Gasteiger partial charge < -0.3 is 4.42 Å². The van der Waals surface area contributed by atoms with E-state index in [0.717, 1.165) is 11.8 Å². The van der Waals surface area contributed by atoms with Gasteiger partial charge in [0.25, 0.3) is 0 Å². The van der Waals surface area contributed by atoms with Gasteiger partial charge in [0, 0.05) is 5.56 Å². The zero-order valence-corrected chi connectivity index (χ0v) is 9.29. The Bertz CT molecular complexity index is 552. The van der Waals surface area contributed by atoms with Crippen molar-refractivity contribution in [2.24, 2.45) is 0 Å². The summed E-state index contributed by atoms with van der Waals surface area (Å²) in [5.74, 6) is 1.17. The number of hydrogen-bond acceptors (Lipinski definition) is 3. The van der Waals surface area contributed by atoms with E-state index >= 15 is 0 Å². The number of aryl methyl sites for hydroxylation is 1. The summed E-state index contributed by atoms with van der Waals surface area (Å²) in [7, 11) is 0. The Kier molecular flexibility index (Phi) is 3.05. The van der Waals surface area contributed by atoms with E-state index < -0.39 is 4.92 Å². The zero-order valence-electron chi connectivity index (χ0n) is 9.29. The van der Waals surface area contributed by atoms with Crippen molar-refractivity contribution < 1.29 is 9.34 Å². The summed E-state index contributed by atoms with van der Waals surface area (Å²) in [5, 5.41) is 10.2. The minimum absolute atomic E-state index is 0.470. The molecule has 4 heteroatoms. The van der Waals surface area contributed by atoms with E-state index in [1.165, 1.54) is 11.6 Å². The van der Waals surface area contributed by atoms with Gasteiger partial charge in [-0.3, -0.25) is 10.1 Å². The van der Waals surface area contributed by atoms with Gasteiger partial charge in [0.05, 0.1) is 11.0 Å². The molecule has 0 bridgehead atoms. The molecule has 4 nitrogen and oxygen atoms in total. The summed E-state index contributed by atoms with van der Waals surface area (Å²) in [6.45, 7) is 2.01. The van der Waals surface area contributed by atoms with Gasteiger partial charge in [0.15, 0.2) is 0 Å². The predicted molar refractivity (Wildman–Crippen MR) is 64.9 cm³/mol. The lowest BCUT2D eigenvalue weighted by Crippen LogP contribution is -1.81. The highest BCUT2D eigenvalue weighted by atomic mass is 16.6. The number of benzene rings is 1. The first kappa shape index (κ1) is 11.1. The van der Waals surface area contributed by atoms with Crippen LogP contribution in [-0.2, 0) is 0 Å². The molecule has 17 heavy (non-hydrogen) atoms. The van der Waals surface area contributed by atoms with Crippen molar-refractivity contribution in [3.8, 4) is 11.3 Å². The molecule has 1 heterocycles. The molecule has 0 saturated heterocycles. The lowest BCUT2D eigenvalue weighted by atomic mass is 10.1. The second-order valence-electron chi connectivity index (χ2n) is 3.67. The summed E-state index contributed by atoms with van der Waals surface area (Å²) in [6.07, 6.45) is 2.19. The lowest BCUT2D eigenvalue weighted by Gasteiger charge is -1.96. The van der Waals surface area contributed by atoms with E-state index in [-0.39, 0.29) is 0 Å². The van der Waals surface area contributed by atoms with E-state index in [1.54, 1.807) is 12.1 Å². The molecule has 0 unspecified atom stereocenters. The Balaban J connectivity index is 2.23. The van der Waals surface area contributed by atoms with Crippen LogP contribution >= 0.6 is 0 Å². The fraction of sp³-hybridized carbons (Fsp3) is 0.0769. The van der Waals surface area contributed by atoms with Crippen LogP contribution in [0.5, 0.6) is 0 Å². The maximum absolute atomic E-state index is 10.2. The molecule has 0 saturated carbocycles. The van der Waals surface area contributed by atoms with Crippen molar-refractivity contribution in [1.29, 1.82) is 0 Å². The molecule has 2 rings (SSSR count). The summed E-state index contributed by atoms with van der Waals surface area (Å²) in [4.78, 5) is 9.64. The van der Waals surface area contributed by atoms with Crippen LogP contribution in [0.3, 0.4) is 0 Å². The van der Waals surface area contributed by atoms with Gasteiger partial charge in [-0.2, -0.15) is 0 Å². The first-order valence-electron chi connectivity index (χ1n) is 5.14. The molecule has 0 amide bonds. The highest BCUT2D eigenvalue weighted by molar-refractivity contribution is 5.59. The summed E-state index contributed by atoms with van der Waals surface area (Å²) in [5.41, 5.74) is 2.13. The van der Waals surface area contributed by atoms with Crippen molar-refractivity contribution in [2.75, 3.05) is 0 Å². The standard InChI is InChI=1S/C13H11NO3/c1-10-2-4-11(5-3-10)13-7-6-12(17-13)8-9-14(15)16/h2-9H,1H3. The van der Waals surface area contributed by atoms with Gasteiger partial charge in [-0.15, -0.1) is 0 Å². The average Bonchev–Trinajstić information content (AvgIpc) is 2.76. The quantitative estimate of drug-likeness (QED) is 0.597. The molecule has 0 aliphatic rings. The fourth-order valence-electron chi connectivity index (χ4n) is 1.45. The molecule has 0 fully saturated rings. The van der Waals surface area contributed by atoms with Crippen molar-refractivity contribution in [2.45, 2.75) is 6.92 Å². The second-order valence-corrected chi connectivity index (χ2v) is 3.67. The molecule has 0 radical (unpaired) electrons.